The number of halogens is 2. The fourth-order valence-corrected chi connectivity index (χ4v) is 2.94. The summed E-state index contributed by atoms with van der Waals surface area (Å²) in [6, 6.07) is 13.3. The van der Waals surface area contributed by atoms with Crippen LogP contribution in [0, 0.1) is 0 Å². The van der Waals surface area contributed by atoms with Crippen LogP contribution in [0.1, 0.15) is 17.6 Å². The number of hydrogen-bond acceptors (Lipinski definition) is 3. The molecule has 0 aliphatic rings. The first-order chi connectivity index (χ1) is 9.63. The van der Waals surface area contributed by atoms with Gasteiger partial charge in [-0.25, -0.2) is 4.98 Å². The summed E-state index contributed by atoms with van der Waals surface area (Å²) in [7, 11) is 0. The van der Waals surface area contributed by atoms with E-state index in [0.29, 0.717) is 12.3 Å². The minimum atomic E-state index is -0.671. The van der Waals surface area contributed by atoms with Gasteiger partial charge >= 0.3 is 0 Å². The second-order valence-electron chi connectivity index (χ2n) is 4.46. The number of benzene rings is 2. The molecule has 0 radical (unpaired) electrons. The SMILES string of the molecule is OC(Cc1nc2ccccc2o1)c1cc(Br)ccc1Br. The molecule has 0 aliphatic heterocycles. The molecule has 3 rings (SSSR count). The first-order valence-corrected chi connectivity index (χ1v) is 7.69. The Balaban J connectivity index is 1.88. The number of aliphatic hydroxyl groups excluding tert-OH is 1. The van der Waals surface area contributed by atoms with Gasteiger partial charge in [0.2, 0.25) is 0 Å². The van der Waals surface area contributed by atoms with Crippen LogP contribution in [0.5, 0.6) is 0 Å². The van der Waals surface area contributed by atoms with Gasteiger partial charge < -0.3 is 9.52 Å². The molecular weight excluding hydrogens is 386 g/mol. The van der Waals surface area contributed by atoms with Crippen LogP contribution in [0.4, 0.5) is 0 Å². The molecule has 3 nitrogen and oxygen atoms in total. The molecule has 1 N–H and O–H groups in total. The zero-order valence-corrected chi connectivity index (χ0v) is 13.6. The topological polar surface area (TPSA) is 46.3 Å². The first kappa shape index (κ1) is 13.8. The lowest BCUT2D eigenvalue weighted by Crippen LogP contribution is -2.03. The molecule has 1 aromatic heterocycles. The molecule has 102 valence electrons. The normalized spacial score (nSPS) is 12.8. The summed E-state index contributed by atoms with van der Waals surface area (Å²) in [5.41, 5.74) is 2.35. The summed E-state index contributed by atoms with van der Waals surface area (Å²) in [6.45, 7) is 0. The molecular formula is C15H11Br2NO2. The molecule has 2 aromatic carbocycles. The number of aromatic nitrogens is 1. The summed E-state index contributed by atoms with van der Waals surface area (Å²) in [5, 5.41) is 10.4. The smallest absolute Gasteiger partial charge is 0.198 e. The molecule has 1 atom stereocenters. The third-order valence-electron chi connectivity index (χ3n) is 3.02. The average Bonchev–Trinajstić information content (AvgIpc) is 2.83. The third kappa shape index (κ3) is 2.80. The zero-order valence-electron chi connectivity index (χ0n) is 10.4. The van der Waals surface area contributed by atoms with E-state index in [1.165, 1.54) is 0 Å². The van der Waals surface area contributed by atoms with Gasteiger partial charge in [0.1, 0.15) is 5.52 Å². The van der Waals surface area contributed by atoms with Crippen LogP contribution >= 0.6 is 31.9 Å². The van der Waals surface area contributed by atoms with Crippen molar-refractivity contribution in [2.24, 2.45) is 0 Å². The Kier molecular flexibility index (Phi) is 3.92. The molecule has 0 saturated heterocycles. The van der Waals surface area contributed by atoms with E-state index in [-0.39, 0.29) is 0 Å². The van der Waals surface area contributed by atoms with Gasteiger partial charge in [0.15, 0.2) is 11.5 Å². The molecule has 20 heavy (non-hydrogen) atoms. The van der Waals surface area contributed by atoms with E-state index in [0.717, 1.165) is 25.6 Å². The largest absolute Gasteiger partial charge is 0.441 e. The number of para-hydroxylation sites is 2. The van der Waals surface area contributed by atoms with Crippen LogP contribution in [0.2, 0.25) is 0 Å². The second-order valence-corrected chi connectivity index (χ2v) is 6.23. The van der Waals surface area contributed by atoms with Crippen LogP contribution in [-0.2, 0) is 6.42 Å². The first-order valence-electron chi connectivity index (χ1n) is 6.11. The van der Waals surface area contributed by atoms with Gasteiger partial charge in [0.25, 0.3) is 0 Å². The van der Waals surface area contributed by atoms with E-state index >= 15 is 0 Å². The second kappa shape index (κ2) is 5.68. The monoisotopic (exact) mass is 395 g/mol. The maximum Gasteiger partial charge on any atom is 0.198 e. The molecule has 0 aliphatic carbocycles. The van der Waals surface area contributed by atoms with Gasteiger partial charge in [-0.05, 0) is 35.9 Å². The lowest BCUT2D eigenvalue weighted by molar-refractivity contribution is 0.168. The highest BCUT2D eigenvalue weighted by Gasteiger charge is 2.16. The summed E-state index contributed by atoms with van der Waals surface area (Å²) < 4.78 is 7.42. The zero-order chi connectivity index (χ0) is 14.1. The Morgan fingerprint density at radius 3 is 2.75 bits per heavy atom. The van der Waals surface area contributed by atoms with Crippen molar-refractivity contribution in [2.45, 2.75) is 12.5 Å². The van der Waals surface area contributed by atoms with Gasteiger partial charge in [0, 0.05) is 8.95 Å². The number of hydrogen-bond donors (Lipinski definition) is 1. The number of aliphatic hydroxyl groups is 1. The molecule has 1 heterocycles. The predicted octanol–water partition coefficient (Wildman–Crippen LogP) is 4.63. The van der Waals surface area contributed by atoms with Crippen molar-refractivity contribution >= 4 is 43.0 Å². The van der Waals surface area contributed by atoms with Crippen LogP contribution in [0.15, 0.2) is 55.8 Å². The van der Waals surface area contributed by atoms with Gasteiger partial charge in [-0.2, -0.15) is 0 Å². The molecule has 0 saturated carbocycles. The fraction of sp³-hybridized carbons (Fsp3) is 0.133. The molecule has 0 spiro atoms. The van der Waals surface area contributed by atoms with E-state index < -0.39 is 6.10 Å². The Bertz CT molecular complexity index is 721. The van der Waals surface area contributed by atoms with Gasteiger partial charge in [0.05, 0.1) is 12.5 Å². The van der Waals surface area contributed by atoms with E-state index in [4.69, 9.17) is 4.42 Å². The van der Waals surface area contributed by atoms with E-state index in [9.17, 15) is 5.11 Å². The van der Waals surface area contributed by atoms with E-state index in [1.807, 2.05) is 42.5 Å². The van der Waals surface area contributed by atoms with Crippen molar-refractivity contribution < 1.29 is 9.52 Å². The lowest BCUT2D eigenvalue weighted by Gasteiger charge is -2.11. The Hall–Kier alpha value is -1.17. The third-order valence-corrected chi connectivity index (χ3v) is 4.24. The van der Waals surface area contributed by atoms with Gasteiger partial charge in [-0.15, -0.1) is 0 Å². The van der Waals surface area contributed by atoms with Crippen molar-refractivity contribution in [3.05, 3.63) is 62.9 Å². The molecule has 5 heteroatoms. The predicted molar refractivity (Wildman–Crippen MR) is 84.5 cm³/mol. The molecule has 3 aromatic rings. The van der Waals surface area contributed by atoms with Crippen LogP contribution in [0.3, 0.4) is 0 Å². The van der Waals surface area contributed by atoms with E-state index in [1.54, 1.807) is 0 Å². The van der Waals surface area contributed by atoms with Crippen molar-refractivity contribution in [1.82, 2.24) is 4.98 Å². The van der Waals surface area contributed by atoms with Crippen molar-refractivity contribution in [1.29, 1.82) is 0 Å². The average molecular weight is 397 g/mol. The standard InChI is InChI=1S/C15H11Br2NO2/c16-9-5-6-11(17)10(7-9)13(19)8-15-18-12-3-1-2-4-14(12)20-15/h1-7,13,19H,8H2. The van der Waals surface area contributed by atoms with Crippen LogP contribution in [0.25, 0.3) is 11.1 Å². The Morgan fingerprint density at radius 2 is 1.95 bits per heavy atom. The van der Waals surface area contributed by atoms with E-state index in [2.05, 4.69) is 36.8 Å². The Labute approximate surface area is 132 Å². The maximum atomic E-state index is 10.4. The molecule has 1 unspecified atom stereocenters. The van der Waals surface area contributed by atoms with Crippen LogP contribution in [-0.4, -0.2) is 10.1 Å². The number of oxazole rings is 1. The maximum absolute atomic E-state index is 10.4. The highest BCUT2D eigenvalue weighted by Crippen LogP contribution is 2.29. The fourth-order valence-electron chi connectivity index (χ4n) is 2.05. The molecule has 0 bridgehead atoms. The summed E-state index contributed by atoms with van der Waals surface area (Å²) in [6.07, 6.45) is -0.334. The van der Waals surface area contributed by atoms with Gasteiger partial charge in [-0.1, -0.05) is 44.0 Å². The summed E-state index contributed by atoms with van der Waals surface area (Å²) >= 11 is 6.85. The van der Waals surface area contributed by atoms with Crippen LogP contribution < -0.4 is 0 Å². The quantitative estimate of drug-likeness (QED) is 0.701. The number of fused-ring (bicyclic) bond motifs is 1. The molecule has 0 fully saturated rings. The number of rotatable bonds is 3. The Morgan fingerprint density at radius 1 is 1.15 bits per heavy atom. The minimum absolute atomic E-state index is 0.337. The van der Waals surface area contributed by atoms with Crippen molar-refractivity contribution in [2.75, 3.05) is 0 Å². The van der Waals surface area contributed by atoms with Crippen molar-refractivity contribution in [3.8, 4) is 0 Å². The highest BCUT2D eigenvalue weighted by atomic mass is 79.9. The highest BCUT2D eigenvalue weighted by molar-refractivity contribution is 9.11. The summed E-state index contributed by atoms with van der Waals surface area (Å²) in [5.74, 6) is 0.533. The minimum Gasteiger partial charge on any atom is -0.441 e. The lowest BCUT2D eigenvalue weighted by atomic mass is 10.1. The van der Waals surface area contributed by atoms with Crippen molar-refractivity contribution in [3.63, 3.8) is 0 Å². The molecule has 0 amide bonds. The summed E-state index contributed by atoms with van der Waals surface area (Å²) in [4.78, 5) is 4.38. The van der Waals surface area contributed by atoms with Gasteiger partial charge in [-0.3, -0.25) is 0 Å². The number of nitrogens with zero attached hydrogens (tertiary/aromatic N) is 1.